The molecule has 1 saturated carbocycles. The van der Waals surface area contributed by atoms with E-state index in [0.717, 1.165) is 38.8 Å². The molecule has 1 N–H and O–H groups in total. The SMILES string of the molecule is O=C(NC1CCCCCC1)c1cnc(N2CCC3(CC2)OCCO3)nc1. The van der Waals surface area contributed by atoms with E-state index in [1.807, 2.05) is 0 Å². The normalized spacial score (nSPS) is 23.8. The van der Waals surface area contributed by atoms with Gasteiger partial charge in [0.2, 0.25) is 5.95 Å². The quantitative estimate of drug-likeness (QED) is 0.834. The van der Waals surface area contributed by atoms with Crippen LogP contribution >= 0.6 is 0 Å². The number of nitrogens with one attached hydrogen (secondary N) is 1. The van der Waals surface area contributed by atoms with Crippen molar-refractivity contribution in [2.75, 3.05) is 31.2 Å². The molecule has 2 saturated heterocycles. The number of aromatic nitrogens is 2. The van der Waals surface area contributed by atoms with E-state index < -0.39 is 5.79 Å². The van der Waals surface area contributed by atoms with Crippen LogP contribution in [-0.2, 0) is 9.47 Å². The highest BCUT2D eigenvalue weighted by atomic mass is 16.7. The largest absolute Gasteiger partial charge is 0.349 e. The Morgan fingerprint density at radius 2 is 1.65 bits per heavy atom. The van der Waals surface area contributed by atoms with E-state index in [0.29, 0.717) is 24.7 Å². The number of rotatable bonds is 3. The number of ether oxygens (including phenoxy) is 2. The topological polar surface area (TPSA) is 76.6 Å². The van der Waals surface area contributed by atoms with E-state index in [1.54, 1.807) is 12.4 Å². The van der Waals surface area contributed by atoms with E-state index in [1.165, 1.54) is 25.7 Å². The van der Waals surface area contributed by atoms with Gasteiger partial charge in [0.15, 0.2) is 5.79 Å². The van der Waals surface area contributed by atoms with E-state index in [2.05, 4.69) is 20.2 Å². The molecule has 0 atom stereocenters. The molecule has 1 aromatic rings. The molecule has 0 aromatic carbocycles. The number of hydrogen-bond donors (Lipinski definition) is 1. The molecule has 142 valence electrons. The lowest BCUT2D eigenvalue weighted by molar-refractivity contribution is -0.169. The van der Waals surface area contributed by atoms with Crippen LogP contribution in [0.2, 0.25) is 0 Å². The average molecular weight is 360 g/mol. The number of hydrogen-bond acceptors (Lipinski definition) is 6. The van der Waals surface area contributed by atoms with Crippen molar-refractivity contribution in [3.8, 4) is 0 Å². The minimum absolute atomic E-state index is 0.0613. The molecule has 26 heavy (non-hydrogen) atoms. The first-order valence-electron chi connectivity index (χ1n) is 9.90. The Balaban J connectivity index is 1.32. The van der Waals surface area contributed by atoms with Crippen LogP contribution in [0.4, 0.5) is 5.95 Å². The Morgan fingerprint density at radius 1 is 1.04 bits per heavy atom. The minimum atomic E-state index is -0.394. The second-order valence-electron chi connectivity index (χ2n) is 7.53. The predicted octanol–water partition coefficient (Wildman–Crippen LogP) is 2.27. The molecule has 2 aliphatic heterocycles. The molecule has 7 nitrogen and oxygen atoms in total. The fourth-order valence-electron chi connectivity index (χ4n) is 4.13. The van der Waals surface area contributed by atoms with E-state index in [4.69, 9.17) is 9.47 Å². The lowest BCUT2D eigenvalue weighted by Crippen LogP contribution is -2.45. The molecule has 1 spiro atoms. The monoisotopic (exact) mass is 360 g/mol. The number of nitrogens with zero attached hydrogens (tertiary/aromatic N) is 3. The van der Waals surface area contributed by atoms with Crippen LogP contribution in [0.1, 0.15) is 61.7 Å². The maximum Gasteiger partial charge on any atom is 0.254 e. The molecule has 1 aromatic heterocycles. The zero-order chi connectivity index (χ0) is 17.8. The van der Waals surface area contributed by atoms with Gasteiger partial charge in [-0.1, -0.05) is 25.7 Å². The highest BCUT2D eigenvalue weighted by Crippen LogP contribution is 2.32. The Morgan fingerprint density at radius 3 is 2.27 bits per heavy atom. The molecule has 1 amide bonds. The Kier molecular flexibility index (Phi) is 5.36. The van der Waals surface area contributed by atoms with Crippen LogP contribution in [-0.4, -0.2) is 54.0 Å². The van der Waals surface area contributed by atoms with Crippen molar-refractivity contribution in [1.29, 1.82) is 0 Å². The van der Waals surface area contributed by atoms with Gasteiger partial charge in [0.25, 0.3) is 5.91 Å². The number of piperidine rings is 1. The van der Waals surface area contributed by atoms with Crippen LogP contribution in [0.3, 0.4) is 0 Å². The summed E-state index contributed by atoms with van der Waals surface area (Å²) in [4.78, 5) is 23.4. The van der Waals surface area contributed by atoms with Gasteiger partial charge in [0.05, 0.1) is 18.8 Å². The summed E-state index contributed by atoms with van der Waals surface area (Å²) in [5.41, 5.74) is 0.536. The van der Waals surface area contributed by atoms with Gasteiger partial charge in [0.1, 0.15) is 0 Å². The maximum atomic E-state index is 12.4. The second-order valence-corrected chi connectivity index (χ2v) is 7.53. The third-order valence-electron chi connectivity index (χ3n) is 5.71. The predicted molar refractivity (Wildman–Crippen MR) is 97.1 cm³/mol. The second kappa shape index (κ2) is 7.88. The molecule has 4 rings (SSSR count). The first-order chi connectivity index (χ1) is 12.7. The lowest BCUT2D eigenvalue weighted by Gasteiger charge is -2.37. The molecule has 1 aliphatic carbocycles. The van der Waals surface area contributed by atoms with Gasteiger partial charge >= 0.3 is 0 Å². The summed E-state index contributed by atoms with van der Waals surface area (Å²) in [7, 11) is 0. The van der Waals surface area contributed by atoms with Crippen molar-refractivity contribution in [3.05, 3.63) is 18.0 Å². The number of anilines is 1. The van der Waals surface area contributed by atoms with Crippen LogP contribution in [0.25, 0.3) is 0 Å². The van der Waals surface area contributed by atoms with Gasteiger partial charge in [-0.15, -0.1) is 0 Å². The molecule has 3 aliphatic rings. The highest BCUT2D eigenvalue weighted by Gasteiger charge is 2.40. The standard InChI is InChI=1S/C19H28N4O3/c24-17(22-16-5-3-1-2-4-6-16)15-13-20-18(21-14-15)23-9-7-19(8-10-23)25-11-12-26-19/h13-14,16H,1-12H2,(H,22,24). The number of amides is 1. The summed E-state index contributed by atoms with van der Waals surface area (Å²) < 4.78 is 11.5. The molecule has 3 heterocycles. The van der Waals surface area contributed by atoms with Gasteiger partial charge in [-0.3, -0.25) is 4.79 Å². The highest BCUT2D eigenvalue weighted by molar-refractivity contribution is 5.93. The van der Waals surface area contributed by atoms with Gasteiger partial charge < -0.3 is 19.7 Å². The van der Waals surface area contributed by atoms with E-state index >= 15 is 0 Å². The fourth-order valence-corrected chi connectivity index (χ4v) is 4.13. The van der Waals surface area contributed by atoms with Crippen molar-refractivity contribution >= 4 is 11.9 Å². The Labute approximate surface area is 154 Å². The van der Waals surface area contributed by atoms with Crippen molar-refractivity contribution in [2.45, 2.75) is 63.2 Å². The van der Waals surface area contributed by atoms with Crippen molar-refractivity contribution in [1.82, 2.24) is 15.3 Å². The summed E-state index contributed by atoms with van der Waals surface area (Å²) >= 11 is 0. The average Bonchev–Trinajstić information content (AvgIpc) is 2.97. The summed E-state index contributed by atoms with van der Waals surface area (Å²) in [5.74, 6) is 0.215. The molecular formula is C19H28N4O3. The van der Waals surface area contributed by atoms with E-state index in [-0.39, 0.29) is 11.9 Å². The van der Waals surface area contributed by atoms with Crippen LogP contribution in [0, 0.1) is 0 Å². The summed E-state index contributed by atoms with van der Waals surface area (Å²) in [5, 5.41) is 3.14. The Bertz CT molecular complexity index is 598. The number of carbonyl (C=O) groups is 1. The molecular weight excluding hydrogens is 332 g/mol. The summed E-state index contributed by atoms with van der Waals surface area (Å²) in [6.07, 6.45) is 12.0. The lowest BCUT2D eigenvalue weighted by atomic mass is 10.0. The fraction of sp³-hybridized carbons (Fsp3) is 0.737. The molecule has 3 fully saturated rings. The van der Waals surface area contributed by atoms with Gasteiger partial charge in [0, 0.05) is 44.4 Å². The third-order valence-corrected chi connectivity index (χ3v) is 5.71. The first kappa shape index (κ1) is 17.7. The zero-order valence-corrected chi connectivity index (χ0v) is 15.3. The first-order valence-corrected chi connectivity index (χ1v) is 9.90. The summed E-state index contributed by atoms with van der Waals surface area (Å²) in [6.45, 7) is 2.96. The van der Waals surface area contributed by atoms with Crippen LogP contribution < -0.4 is 10.2 Å². The van der Waals surface area contributed by atoms with Crippen molar-refractivity contribution in [3.63, 3.8) is 0 Å². The van der Waals surface area contributed by atoms with Crippen molar-refractivity contribution < 1.29 is 14.3 Å². The van der Waals surface area contributed by atoms with Crippen molar-refractivity contribution in [2.24, 2.45) is 0 Å². The molecule has 0 bridgehead atoms. The van der Waals surface area contributed by atoms with E-state index in [9.17, 15) is 4.79 Å². The smallest absolute Gasteiger partial charge is 0.254 e. The van der Waals surface area contributed by atoms with Gasteiger partial charge in [-0.2, -0.15) is 0 Å². The molecule has 7 heteroatoms. The maximum absolute atomic E-state index is 12.4. The minimum Gasteiger partial charge on any atom is -0.349 e. The van der Waals surface area contributed by atoms with Gasteiger partial charge in [-0.25, -0.2) is 9.97 Å². The zero-order valence-electron chi connectivity index (χ0n) is 15.3. The Hall–Kier alpha value is -1.73. The summed E-state index contributed by atoms with van der Waals surface area (Å²) in [6, 6.07) is 0.286. The molecule has 0 radical (unpaired) electrons. The van der Waals surface area contributed by atoms with Gasteiger partial charge in [-0.05, 0) is 12.8 Å². The van der Waals surface area contributed by atoms with Crippen LogP contribution in [0.15, 0.2) is 12.4 Å². The molecule has 0 unspecified atom stereocenters. The van der Waals surface area contributed by atoms with Crippen LogP contribution in [0.5, 0.6) is 0 Å². The number of carbonyl (C=O) groups excluding carboxylic acids is 1. The third kappa shape index (κ3) is 3.99.